The smallest absolute Gasteiger partial charge is 0.257 e. The molecule has 0 fully saturated rings. The van der Waals surface area contributed by atoms with E-state index in [4.69, 9.17) is 4.74 Å². The Balaban J connectivity index is 1.90. The standard InChI is InChI=1S/C18H11BrN2O2/c19-11-3-1-4-12(9-11)23-13-6-7-15-16(10-13)14-5-2-8-20-17(14)21-18(15)22/h1-10H,(H,20,21,22). The van der Waals surface area contributed by atoms with Crippen molar-refractivity contribution in [2.24, 2.45) is 0 Å². The van der Waals surface area contributed by atoms with E-state index in [0.717, 1.165) is 21.0 Å². The van der Waals surface area contributed by atoms with Gasteiger partial charge in [0.1, 0.15) is 17.1 Å². The first kappa shape index (κ1) is 14.0. The van der Waals surface area contributed by atoms with E-state index in [9.17, 15) is 4.79 Å². The maximum Gasteiger partial charge on any atom is 0.257 e. The molecule has 0 atom stereocenters. The number of pyridine rings is 2. The quantitative estimate of drug-likeness (QED) is 0.526. The van der Waals surface area contributed by atoms with E-state index in [1.165, 1.54) is 0 Å². The highest BCUT2D eigenvalue weighted by molar-refractivity contribution is 9.10. The summed E-state index contributed by atoms with van der Waals surface area (Å²) in [6, 6.07) is 16.8. The van der Waals surface area contributed by atoms with Crippen molar-refractivity contribution >= 4 is 37.7 Å². The van der Waals surface area contributed by atoms with Gasteiger partial charge in [-0.25, -0.2) is 4.98 Å². The number of fused-ring (bicyclic) bond motifs is 3. The Kier molecular flexibility index (Phi) is 3.35. The normalized spacial score (nSPS) is 11.0. The molecular weight excluding hydrogens is 356 g/mol. The first-order valence-corrected chi connectivity index (χ1v) is 7.84. The summed E-state index contributed by atoms with van der Waals surface area (Å²) in [5.74, 6) is 1.40. The Morgan fingerprint density at radius 1 is 0.913 bits per heavy atom. The summed E-state index contributed by atoms with van der Waals surface area (Å²) in [7, 11) is 0. The second kappa shape index (κ2) is 5.52. The third kappa shape index (κ3) is 2.59. The fourth-order valence-electron chi connectivity index (χ4n) is 2.57. The van der Waals surface area contributed by atoms with Crippen LogP contribution in [-0.2, 0) is 0 Å². The lowest BCUT2D eigenvalue weighted by molar-refractivity contribution is 0.483. The molecule has 112 valence electrons. The number of rotatable bonds is 2. The van der Waals surface area contributed by atoms with Gasteiger partial charge < -0.3 is 9.72 Å². The van der Waals surface area contributed by atoms with E-state index in [0.29, 0.717) is 16.8 Å². The first-order chi connectivity index (χ1) is 11.2. The zero-order valence-electron chi connectivity index (χ0n) is 11.9. The molecule has 0 saturated heterocycles. The first-order valence-electron chi connectivity index (χ1n) is 7.05. The van der Waals surface area contributed by atoms with Gasteiger partial charge in [-0.15, -0.1) is 0 Å². The molecule has 0 amide bonds. The molecule has 0 aliphatic rings. The minimum Gasteiger partial charge on any atom is -0.457 e. The van der Waals surface area contributed by atoms with E-state index in [1.807, 2.05) is 42.5 Å². The van der Waals surface area contributed by atoms with Crippen molar-refractivity contribution in [3.63, 3.8) is 0 Å². The van der Waals surface area contributed by atoms with Crippen molar-refractivity contribution < 1.29 is 4.74 Å². The topological polar surface area (TPSA) is 55.0 Å². The van der Waals surface area contributed by atoms with E-state index in [-0.39, 0.29) is 5.56 Å². The zero-order valence-corrected chi connectivity index (χ0v) is 13.5. The Hall–Kier alpha value is -2.66. The third-order valence-corrected chi connectivity index (χ3v) is 4.09. The number of aromatic nitrogens is 2. The number of benzene rings is 2. The van der Waals surface area contributed by atoms with Gasteiger partial charge in [0.25, 0.3) is 5.56 Å². The predicted molar refractivity (Wildman–Crippen MR) is 94.1 cm³/mol. The largest absolute Gasteiger partial charge is 0.457 e. The zero-order chi connectivity index (χ0) is 15.8. The molecule has 0 unspecified atom stereocenters. The highest BCUT2D eigenvalue weighted by Gasteiger charge is 2.07. The molecule has 0 aliphatic heterocycles. The molecule has 4 rings (SSSR count). The van der Waals surface area contributed by atoms with Gasteiger partial charge in [-0.2, -0.15) is 0 Å². The number of H-pyrrole nitrogens is 1. The molecule has 1 N–H and O–H groups in total. The van der Waals surface area contributed by atoms with Crippen molar-refractivity contribution in [1.82, 2.24) is 9.97 Å². The summed E-state index contributed by atoms with van der Waals surface area (Å²) in [5, 5.41) is 2.33. The Morgan fingerprint density at radius 3 is 2.65 bits per heavy atom. The van der Waals surface area contributed by atoms with Crippen LogP contribution in [-0.4, -0.2) is 9.97 Å². The van der Waals surface area contributed by atoms with Crippen LogP contribution < -0.4 is 10.3 Å². The molecule has 5 heteroatoms. The molecule has 2 aromatic heterocycles. The number of nitrogens with zero attached hydrogens (tertiary/aromatic N) is 1. The maximum atomic E-state index is 12.2. The number of halogens is 1. The summed E-state index contributed by atoms with van der Waals surface area (Å²) in [6.07, 6.45) is 1.66. The summed E-state index contributed by atoms with van der Waals surface area (Å²) < 4.78 is 6.84. The number of ether oxygens (including phenoxy) is 1. The Labute approximate surface area is 139 Å². The van der Waals surface area contributed by atoms with Gasteiger partial charge in [0.15, 0.2) is 0 Å². The van der Waals surface area contributed by atoms with E-state index in [1.54, 1.807) is 18.3 Å². The molecule has 0 saturated carbocycles. The van der Waals surface area contributed by atoms with Crippen molar-refractivity contribution in [2.45, 2.75) is 0 Å². The molecule has 0 aliphatic carbocycles. The average Bonchev–Trinajstić information content (AvgIpc) is 2.55. The molecule has 0 spiro atoms. The van der Waals surface area contributed by atoms with Gasteiger partial charge >= 0.3 is 0 Å². The highest BCUT2D eigenvalue weighted by atomic mass is 79.9. The van der Waals surface area contributed by atoms with E-state index < -0.39 is 0 Å². The van der Waals surface area contributed by atoms with Crippen LogP contribution in [0.2, 0.25) is 0 Å². The highest BCUT2D eigenvalue weighted by Crippen LogP contribution is 2.28. The van der Waals surface area contributed by atoms with Gasteiger partial charge in [-0.05, 0) is 48.5 Å². The summed E-state index contributed by atoms with van der Waals surface area (Å²) in [4.78, 5) is 19.2. The molecular formula is C18H11BrN2O2. The number of nitrogens with one attached hydrogen (secondary N) is 1. The van der Waals surface area contributed by atoms with Gasteiger partial charge in [0.05, 0.1) is 0 Å². The third-order valence-electron chi connectivity index (χ3n) is 3.60. The minimum absolute atomic E-state index is 0.153. The van der Waals surface area contributed by atoms with Crippen molar-refractivity contribution in [3.8, 4) is 11.5 Å². The summed E-state index contributed by atoms with van der Waals surface area (Å²) in [5.41, 5.74) is 0.421. The summed E-state index contributed by atoms with van der Waals surface area (Å²) >= 11 is 3.42. The van der Waals surface area contributed by atoms with Gasteiger partial charge in [-0.3, -0.25) is 4.79 Å². The van der Waals surface area contributed by atoms with Crippen LogP contribution in [0.15, 0.2) is 70.1 Å². The number of hydrogen-bond donors (Lipinski definition) is 1. The lowest BCUT2D eigenvalue weighted by Crippen LogP contribution is -2.07. The van der Waals surface area contributed by atoms with Crippen LogP contribution in [0.5, 0.6) is 11.5 Å². The fourth-order valence-corrected chi connectivity index (χ4v) is 2.95. The van der Waals surface area contributed by atoms with Gasteiger partial charge in [0.2, 0.25) is 0 Å². The van der Waals surface area contributed by atoms with Crippen LogP contribution >= 0.6 is 15.9 Å². The lowest BCUT2D eigenvalue weighted by atomic mass is 10.1. The molecule has 2 aromatic carbocycles. The second-order valence-corrected chi connectivity index (χ2v) is 6.04. The minimum atomic E-state index is -0.153. The monoisotopic (exact) mass is 366 g/mol. The van der Waals surface area contributed by atoms with Gasteiger partial charge in [-0.1, -0.05) is 22.0 Å². The molecule has 4 aromatic rings. The number of aromatic amines is 1. The van der Waals surface area contributed by atoms with Crippen LogP contribution in [0.1, 0.15) is 0 Å². The molecule has 0 radical (unpaired) electrons. The molecule has 2 heterocycles. The van der Waals surface area contributed by atoms with Crippen molar-refractivity contribution in [1.29, 1.82) is 0 Å². The maximum absolute atomic E-state index is 12.2. The predicted octanol–water partition coefficient (Wildman–Crippen LogP) is 4.63. The van der Waals surface area contributed by atoms with E-state index in [2.05, 4.69) is 25.9 Å². The molecule has 4 nitrogen and oxygen atoms in total. The van der Waals surface area contributed by atoms with Gasteiger partial charge in [0, 0.05) is 26.8 Å². The SMILES string of the molecule is O=c1[nH]c2ncccc2c2cc(Oc3cccc(Br)c3)ccc12. The molecule has 0 bridgehead atoms. The van der Waals surface area contributed by atoms with Crippen molar-refractivity contribution in [2.75, 3.05) is 0 Å². The summed E-state index contributed by atoms with van der Waals surface area (Å²) in [6.45, 7) is 0. The lowest BCUT2D eigenvalue weighted by Gasteiger charge is -2.08. The Morgan fingerprint density at radius 2 is 1.78 bits per heavy atom. The molecule has 23 heavy (non-hydrogen) atoms. The van der Waals surface area contributed by atoms with Crippen LogP contribution in [0, 0.1) is 0 Å². The number of hydrogen-bond acceptors (Lipinski definition) is 3. The Bertz CT molecular complexity index is 1090. The van der Waals surface area contributed by atoms with Crippen LogP contribution in [0.25, 0.3) is 21.8 Å². The van der Waals surface area contributed by atoms with E-state index >= 15 is 0 Å². The second-order valence-electron chi connectivity index (χ2n) is 5.12. The fraction of sp³-hybridized carbons (Fsp3) is 0. The van der Waals surface area contributed by atoms with Crippen LogP contribution in [0.3, 0.4) is 0 Å². The average molecular weight is 367 g/mol. The van der Waals surface area contributed by atoms with Crippen LogP contribution in [0.4, 0.5) is 0 Å². The van der Waals surface area contributed by atoms with Crippen molar-refractivity contribution in [3.05, 3.63) is 75.6 Å².